The summed E-state index contributed by atoms with van der Waals surface area (Å²) in [5.74, 6) is -0.260. The zero-order valence-electron chi connectivity index (χ0n) is 7.62. The highest BCUT2D eigenvalue weighted by molar-refractivity contribution is 6.04. The van der Waals surface area contributed by atoms with Crippen LogP contribution in [-0.2, 0) is 4.79 Å². The molecular formula is C7H13N5O2. The number of hydrogen-bond donors (Lipinski definition) is 4. The van der Waals surface area contributed by atoms with Crippen LogP contribution in [0.4, 0.5) is 4.79 Å². The van der Waals surface area contributed by atoms with Gasteiger partial charge in [-0.2, -0.15) is 0 Å². The van der Waals surface area contributed by atoms with E-state index in [1.807, 2.05) is 0 Å². The first-order valence-corrected chi connectivity index (χ1v) is 4.26. The molecule has 0 aromatic rings. The molecule has 7 heteroatoms. The fourth-order valence-corrected chi connectivity index (χ4v) is 1.17. The van der Waals surface area contributed by atoms with Gasteiger partial charge in [-0.1, -0.05) is 0 Å². The summed E-state index contributed by atoms with van der Waals surface area (Å²) in [7, 11) is 0. The number of nitrogens with zero attached hydrogens (tertiary/aromatic N) is 1. The Kier molecular flexibility index (Phi) is 3.27. The number of amides is 3. The van der Waals surface area contributed by atoms with Crippen LogP contribution in [0.15, 0.2) is 4.99 Å². The Morgan fingerprint density at radius 1 is 1.43 bits per heavy atom. The summed E-state index contributed by atoms with van der Waals surface area (Å²) in [5.41, 5.74) is 10.2. The van der Waals surface area contributed by atoms with Gasteiger partial charge in [0.2, 0.25) is 0 Å². The van der Waals surface area contributed by atoms with E-state index in [1.54, 1.807) is 0 Å². The lowest BCUT2D eigenvalue weighted by atomic mass is 10.1. The van der Waals surface area contributed by atoms with Crippen LogP contribution in [0.3, 0.4) is 0 Å². The summed E-state index contributed by atoms with van der Waals surface area (Å²) in [4.78, 5) is 25.5. The first-order valence-electron chi connectivity index (χ1n) is 4.26. The van der Waals surface area contributed by atoms with Crippen molar-refractivity contribution in [2.75, 3.05) is 6.54 Å². The van der Waals surface area contributed by atoms with E-state index >= 15 is 0 Å². The molecule has 0 saturated carbocycles. The quantitative estimate of drug-likeness (QED) is 0.185. The zero-order valence-corrected chi connectivity index (χ0v) is 7.62. The number of carbonyl (C=O) groups is 2. The Morgan fingerprint density at radius 2 is 2.14 bits per heavy atom. The Morgan fingerprint density at radius 3 is 2.64 bits per heavy atom. The number of hydrogen-bond acceptors (Lipinski definition) is 3. The molecule has 0 aromatic heterocycles. The van der Waals surface area contributed by atoms with Gasteiger partial charge < -0.3 is 16.8 Å². The highest BCUT2D eigenvalue weighted by atomic mass is 16.2. The van der Waals surface area contributed by atoms with E-state index in [-0.39, 0.29) is 11.9 Å². The molecule has 6 N–H and O–H groups in total. The summed E-state index contributed by atoms with van der Waals surface area (Å²) < 4.78 is 0. The lowest BCUT2D eigenvalue weighted by molar-refractivity contribution is -0.120. The molecule has 1 saturated heterocycles. The van der Waals surface area contributed by atoms with Crippen molar-refractivity contribution in [2.24, 2.45) is 16.5 Å². The van der Waals surface area contributed by atoms with Gasteiger partial charge in [-0.3, -0.25) is 15.1 Å². The van der Waals surface area contributed by atoms with Gasteiger partial charge in [0.15, 0.2) is 5.96 Å². The van der Waals surface area contributed by atoms with Gasteiger partial charge in [-0.15, -0.1) is 0 Å². The average molecular weight is 199 g/mol. The molecule has 3 amide bonds. The number of nitrogens with one attached hydrogen (secondary N) is 2. The van der Waals surface area contributed by atoms with Gasteiger partial charge in [0.25, 0.3) is 5.91 Å². The summed E-state index contributed by atoms with van der Waals surface area (Å²) in [6.45, 7) is 0.460. The molecule has 0 aromatic carbocycles. The number of nitrogens with two attached hydrogens (primary N) is 2. The van der Waals surface area contributed by atoms with E-state index in [0.29, 0.717) is 19.4 Å². The first-order chi connectivity index (χ1) is 6.59. The van der Waals surface area contributed by atoms with Crippen LogP contribution < -0.4 is 22.1 Å². The molecule has 1 rings (SSSR count). The summed E-state index contributed by atoms with van der Waals surface area (Å²) in [6.07, 6.45) is 1.19. The number of guanidine groups is 1. The van der Waals surface area contributed by atoms with Crippen molar-refractivity contribution in [1.82, 2.24) is 10.6 Å². The van der Waals surface area contributed by atoms with Gasteiger partial charge in [0.05, 0.1) is 0 Å². The standard InChI is InChI=1S/C7H13N5O2/c8-6(9)10-3-1-2-4-5(13)12-7(14)11-4/h4H,1-3H2,(H4,8,9,10)(H2,11,12,13,14)/t4-/m0/s1. The molecule has 1 fully saturated rings. The van der Waals surface area contributed by atoms with E-state index < -0.39 is 12.1 Å². The van der Waals surface area contributed by atoms with Crippen molar-refractivity contribution in [2.45, 2.75) is 18.9 Å². The van der Waals surface area contributed by atoms with Gasteiger partial charge in [0, 0.05) is 6.54 Å². The Balaban J connectivity index is 2.22. The second-order valence-corrected chi connectivity index (χ2v) is 2.96. The molecule has 1 aliphatic heterocycles. The minimum atomic E-state index is -0.448. The third kappa shape index (κ3) is 2.92. The van der Waals surface area contributed by atoms with Crippen LogP contribution in [-0.4, -0.2) is 30.5 Å². The van der Waals surface area contributed by atoms with Crippen LogP contribution in [0.25, 0.3) is 0 Å². The molecule has 1 atom stereocenters. The third-order valence-electron chi connectivity index (χ3n) is 1.80. The summed E-state index contributed by atoms with van der Waals surface area (Å²) in [5, 5.41) is 4.62. The smallest absolute Gasteiger partial charge is 0.322 e. The molecule has 0 spiro atoms. The van der Waals surface area contributed by atoms with Crippen molar-refractivity contribution in [3.05, 3.63) is 0 Å². The van der Waals surface area contributed by atoms with Crippen LogP contribution in [0.2, 0.25) is 0 Å². The van der Waals surface area contributed by atoms with E-state index in [9.17, 15) is 9.59 Å². The lowest BCUT2D eigenvalue weighted by Crippen LogP contribution is -2.29. The fourth-order valence-electron chi connectivity index (χ4n) is 1.17. The molecule has 0 bridgehead atoms. The van der Waals surface area contributed by atoms with Crippen LogP contribution in [0.1, 0.15) is 12.8 Å². The van der Waals surface area contributed by atoms with Crippen molar-refractivity contribution in [3.63, 3.8) is 0 Å². The summed E-state index contributed by atoms with van der Waals surface area (Å²) >= 11 is 0. The lowest BCUT2D eigenvalue weighted by Gasteiger charge is -2.04. The van der Waals surface area contributed by atoms with Crippen molar-refractivity contribution in [3.8, 4) is 0 Å². The van der Waals surface area contributed by atoms with Gasteiger partial charge >= 0.3 is 6.03 Å². The van der Waals surface area contributed by atoms with Crippen molar-refractivity contribution < 1.29 is 9.59 Å². The van der Waals surface area contributed by atoms with E-state index in [4.69, 9.17) is 11.5 Å². The average Bonchev–Trinajstić information content (AvgIpc) is 2.39. The Bertz CT molecular complexity index is 271. The van der Waals surface area contributed by atoms with Crippen molar-refractivity contribution >= 4 is 17.9 Å². The van der Waals surface area contributed by atoms with Gasteiger partial charge in [-0.25, -0.2) is 4.79 Å². The van der Waals surface area contributed by atoms with Gasteiger partial charge in [-0.05, 0) is 12.8 Å². The van der Waals surface area contributed by atoms with E-state index in [1.165, 1.54) is 0 Å². The SMILES string of the molecule is NC(N)=NCCC[C@@H]1NC(=O)NC1=O. The molecule has 0 unspecified atom stereocenters. The fraction of sp³-hybridized carbons (Fsp3) is 0.571. The molecule has 7 nitrogen and oxygen atoms in total. The predicted octanol–water partition coefficient (Wildman–Crippen LogP) is -1.75. The second-order valence-electron chi connectivity index (χ2n) is 2.96. The molecule has 14 heavy (non-hydrogen) atoms. The first kappa shape index (κ1) is 10.3. The van der Waals surface area contributed by atoms with Crippen LogP contribution >= 0.6 is 0 Å². The number of urea groups is 1. The summed E-state index contributed by atoms with van der Waals surface area (Å²) in [6, 6.07) is -0.890. The number of rotatable bonds is 4. The maximum Gasteiger partial charge on any atom is 0.322 e. The molecular weight excluding hydrogens is 186 g/mol. The highest BCUT2D eigenvalue weighted by Crippen LogP contribution is 2.02. The predicted molar refractivity (Wildman–Crippen MR) is 50.4 cm³/mol. The minimum Gasteiger partial charge on any atom is -0.370 e. The van der Waals surface area contributed by atoms with Crippen LogP contribution in [0, 0.1) is 0 Å². The molecule has 0 aliphatic carbocycles. The topological polar surface area (TPSA) is 123 Å². The van der Waals surface area contributed by atoms with E-state index in [0.717, 1.165) is 0 Å². The normalized spacial score (nSPS) is 20.1. The number of imide groups is 1. The maximum atomic E-state index is 11.0. The molecule has 1 heterocycles. The maximum absolute atomic E-state index is 11.0. The molecule has 0 radical (unpaired) electrons. The number of aliphatic imine (C=N–C) groups is 1. The van der Waals surface area contributed by atoms with Crippen LogP contribution in [0.5, 0.6) is 0 Å². The van der Waals surface area contributed by atoms with Gasteiger partial charge in [0.1, 0.15) is 6.04 Å². The minimum absolute atomic E-state index is 0.0323. The number of carbonyl (C=O) groups excluding carboxylic acids is 2. The van der Waals surface area contributed by atoms with E-state index in [2.05, 4.69) is 15.6 Å². The van der Waals surface area contributed by atoms with Crippen molar-refractivity contribution in [1.29, 1.82) is 0 Å². The molecule has 1 aliphatic rings. The third-order valence-corrected chi connectivity index (χ3v) is 1.80. The monoisotopic (exact) mass is 199 g/mol. The molecule has 78 valence electrons. The Labute approximate surface area is 80.9 Å². The second kappa shape index (κ2) is 4.45. The zero-order chi connectivity index (χ0) is 10.6. The largest absolute Gasteiger partial charge is 0.370 e. The highest BCUT2D eigenvalue weighted by Gasteiger charge is 2.28. The Hall–Kier alpha value is -1.79.